The highest BCUT2D eigenvalue weighted by Crippen LogP contribution is 2.15. The van der Waals surface area contributed by atoms with Crippen LogP contribution in [0, 0.1) is 5.82 Å². The van der Waals surface area contributed by atoms with Crippen molar-refractivity contribution in [3.63, 3.8) is 0 Å². The standard InChI is InChI=1S/C16H20FN3O/c17-14-6-4-13(5-7-14)15-12-20(18-16(15)21)11-10-19-8-2-1-3-9-19/h4-7,12H,1-3,8-11H2,(H,18,21). The SMILES string of the molecule is O=c1[nH]n(CCN2CCCCC2)cc1-c1ccc(F)cc1. The van der Waals surface area contributed by atoms with Gasteiger partial charge in [0.25, 0.3) is 5.56 Å². The minimum absolute atomic E-state index is 0.125. The molecule has 2 aromatic rings. The molecule has 1 N–H and O–H groups in total. The Hall–Kier alpha value is -1.88. The molecule has 0 bridgehead atoms. The molecule has 112 valence electrons. The van der Waals surface area contributed by atoms with Gasteiger partial charge in [-0.05, 0) is 43.6 Å². The lowest BCUT2D eigenvalue weighted by Crippen LogP contribution is -2.32. The molecule has 0 spiro atoms. The maximum Gasteiger partial charge on any atom is 0.271 e. The number of benzene rings is 1. The summed E-state index contributed by atoms with van der Waals surface area (Å²) in [5.41, 5.74) is 1.21. The van der Waals surface area contributed by atoms with E-state index in [4.69, 9.17) is 0 Å². The van der Waals surface area contributed by atoms with Crippen LogP contribution in [-0.2, 0) is 6.54 Å². The van der Waals surface area contributed by atoms with E-state index < -0.39 is 0 Å². The summed E-state index contributed by atoms with van der Waals surface area (Å²) in [6, 6.07) is 6.02. The molecule has 0 radical (unpaired) electrons. The Balaban J connectivity index is 1.69. The normalized spacial score (nSPS) is 16.2. The number of hydrogen-bond acceptors (Lipinski definition) is 2. The number of likely N-dealkylation sites (tertiary alicyclic amines) is 1. The highest BCUT2D eigenvalue weighted by atomic mass is 19.1. The van der Waals surface area contributed by atoms with Crippen LogP contribution in [0.3, 0.4) is 0 Å². The Kier molecular flexibility index (Phi) is 4.20. The first-order chi connectivity index (χ1) is 10.2. The van der Waals surface area contributed by atoms with Gasteiger partial charge in [-0.15, -0.1) is 0 Å². The quantitative estimate of drug-likeness (QED) is 0.939. The first-order valence-electron chi connectivity index (χ1n) is 7.50. The average Bonchev–Trinajstić information content (AvgIpc) is 2.88. The molecule has 0 amide bonds. The van der Waals surface area contributed by atoms with Crippen molar-refractivity contribution in [2.75, 3.05) is 19.6 Å². The van der Waals surface area contributed by atoms with E-state index in [-0.39, 0.29) is 11.4 Å². The van der Waals surface area contributed by atoms with Gasteiger partial charge in [0, 0.05) is 12.7 Å². The van der Waals surface area contributed by atoms with Gasteiger partial charge >= 0.3 is 0 Å². The van der Waals surface area contributed by atoms with Crippen LogP contribution < -0.4 is 5.56 Å². The molecule has 2 heterocycles. The number of aromatic nitrogens is 2. The second-order valence-electron chi connectivity index (χ2n) is 5.59. The molecule has 0 unspecified atom stereocenters. The second kappa shape index (κ2) is 6.26. The van der Waals surface area contributed by atoms with E-state index in [1.54, 1.807) is 12.1 Å². The fourth-order valence-corrected chi connectivity index (χ4v) is 2.83. The Morgan fingerprint density at radius 3 is 2.48 bits per heavy atom. The van der Waals surface area contributed by atoms with Crippen LogP contribution in [0.5, 0.6) is 0 Å². The second-order valence-corrected chi connectivity index (χ2v) is 5.59. The van der Waals surface area contributed by atoms with Gasteiger partial charge in [0.1, 0.15) is 5.82 Å². The lowest BCUT2D eigenvalue weighted by Gasteiger charge is -2.26. The van der Waals surface area contributed by atoms with Crippen LogP contribution in [0.4, 0.5) is 4.39 Å². The third-order valence-corrected chi connectivity index (χ3v) is 4.04. The lowest BCUT2D eigenvalue weighted by molar-refractivity contribution is 0.218. The van der Waals surface area contributed by atoms with E-state index in [1.807, 2.05) is 10.9 Å². The third-order valence-electron chi connectivity index (χ3n) is 4.04. The van der Waals surface area contributed by atoms with Gasteiger partial charge in [0.15, 0.2) is 0 Å². The smallest absolute Gasteiger partial charge is 0.271 e. The van der Waals surface area contributed by atoms with Gasteiger partial charge in [-0.25, -0.2) is 4.39 Å². The number of nitrogens with zero attached hydrogens (tertiary/aromatic N) is 2. The van der Waals surface area contributed by atoms with Crippen LogP contribution in [0.2, 0.25) is 0 Å². The van der Waals surface area contributed by atoms with Crippen molar-refractivity contribution in [2.45, 2.75) is 25.8 Å². The highest BCUT2D eigenvalue weighted by Gasteiger charge is 2.11. The van der Waals surface area contributed by atoms with Gasteiger partial charge in [0.2, 0.25) is 0 Å². The summed E-state index contributed by atoms with van der Waals surface area (Å²) in [6.07, 6.45) is 5.68. The summed E-state index contributed by atoms with van der Waals surface area (Å²) in [5, 5.41) is 2.84. The molecular formula is C16H20FN3O. The number of rotatable bonds is 4. The predicted octanol–water partition coefficient (Wildman–Crippen LogP) is 2.47. The molecule has 0 aliphatic carbocycles. The van der Waals surface area contributed by atoms with Crippen molar-refractivity contribution >= 4 is 0 Å². The van der Waals surface area contributed by atoms with E-state index in [0.29, 0.717) is 5.56 Å². The Morgan fingerprint density at radius 2 is 1.76 bits per heavy atom. The highest BCUT2D eigenvalue weighted by molar-refractivity contribution is 5.61. The van der Waals surface area contributed by atoms with Gasteiger partial charge < -0.3 is 4.90 Å². The number of hydrogen-bond donors (Lipinski definition) is 1. The van der Waals surface area contributed by atoms with E-state index in [2.05, 4.69) is 10.00 Å². The zero-order valence-electron chi connectivity index (χ0n) is 12.0. The molecule has 1 aliphatic heterocycles. The van der Waals surface area contributed by atoms with Gasteiger partial charge in [-0.1, -0.05) is 18.6 Å². The largest absolute Gasteiger partial charge is 0.302 e. The Bertz CT molecular complexity index is 638. The van der Waals surface area contributed by atoms with E-state index in [0.717, 1.165) is 31.7 Å². The number of H-pyrrole nitrogens is 1. The molecule has 1 fully saturated rings. The van der Waals surface area contributed by atoms with Gasteiger partial charge in [0.05, 0.1) is 12.1 Å². The molecule has 5 heteroatoms. The minimum Gasteiger partial charge on any atom is -0.302 e. The van der Waals surface area contributed by atoms with Crippen molar-refractivity contribution in [3.05, 3.63) is 46.6 Å². The molecule has 1 aromatic heterocycles. The number of nitrogens with one attached hydrogen (secondary N) is 1. The van der Waals surface area contributed by atoms with E-state index in [9.17, 15) is 9.18 Å². The Morgan fingerprint density at radius 1 is 1.05 bits per heavy atom. The minimum atomic E-state index is -0.292. The van der Waals surface area contributed by atoms with E-state index >= 15 is 0 Å². The van der Waals surface area contributed by atoms with Crippen molar-refractivity contribution in [1.29, 1.82) is 0 Å². The number of halogens is 1. The van der Waals surface area contributed by atoms with Crippen molar-refractivity contribution in [3.8, 4) is 11.1 Å². The first-order valence-corrected chi connectivity index (χ1v) is 7.50. The lowest BCUT2D eigenvalue weighted by atomic mass is 10.1. The third kappa shape index (κ3) is 3.42. The fraction of sp³-hybridized carbons (Fsp3) is 0.438. The van der Waals surface area contributed by atoms with Crippen molar-refractivity contribution in [2.24, 2.45) is 0 Å². The maximum atomic E-state index is 12.9. The summed E-state index contributed by atoms with van der Waals surface area (Å²) in [5.74, 6) is -0.292. The average molecular weight is 289 g/mol. The predicted molar refractivity (Wildman–Crippen MR) is 80.7 cm³/mol. The molecule has 0 atom stereocenters. The number of piperidine rings is 1. The monoisotopic (exact) mass is 289 g/mol. The molecule has 4 nitrogen and oxygen atoms in total. The molecule has 3 rings (SSSR count). The summed E-state index contributed by atoms with van der Waals surface area (Å²) in [6.45, 7) is 4.02. The Labute approximate surface area is 123 Å². The summed E-state index contributed by atoms with van der Waals surface area (Å²) < 4.78 is 14.8. The molecule has 1 aliphatic rings. The van der Waals surface area contributed by atoms with Crippen LogP contribution in [-0.4, -0.2) is 34.3 Å². The molecule has 1 saturated heterocycles. The zero-order chi connectivity index (χ0) is 14.7. The topological polar surface area (TPSA) is 41.0 Å². The number of aromatic amines is 1. The van der Waals surface area contributed by atoms with Crippen LogP contribution in [0.25, 0.3) is 11.1 Å². The molecule has 21 heavy (non-hydrogen) atoms. The molecule has 0 saturated carbocycles. The summed E-state index contributed by atoms with van der Waals surface area (Å²) in [4.78, 5) is 14.4. The first kappa shape index (κ1) is 14.1. The summed E-state index contributed by atoms with van der Waals surface area (Å²) >= 11 is 0. The van der Waals surface area contributed by atoms with Gasteiger partial charge in [-0.2, -0.15) is 0 Å². The van der Waals surface area contributed by atoms with Crippen LogP contribution in [0.15, 0.2) is 35.3 Å². The summed E-state index contributed by atoms with van der Waals surface area (Å²) in [7, 11) is 0. The van der Waals surface area contributed by atoms with Crippen LogP contribution >= 0.6 is 0 Å². The van der Waals surface area contributed by atoms with Crippen molar-refractivity contribution < 1.29 is 4.39 Å². The molecular weight excluding hydrogens is 269 g/mol. The van der Waals surface area contributed by atoms with Gasteiger partial charge in [-0.3, -0.25) is 14.6 Å². The van der Waals surface area contributed by atoms with E-state index in [1.165, 1.54) is 31.4 Å². The van der Waals surface area contributed by atoms with Crippen molar-refractivity contribution in [1.82, 2.24) is 14.7 Å². The fourth-order valence-electron chi connectivity index (χ4n) is 2.83. The molecule has 1 aromatic carbocycles. The van der Waals surface area contributed by atoms with Crippen LogP contribution in [0.1, 0.15) is 19.3 Å². The maximum absolute atomic E-state index is 12.9. The zero-order valence-corrected chi connectivity index (χ0v) is 12.0.